The lowest BCUT2D eigenvalue weighted by Crippen LogP contribution is -2.53. The molecule has 2 heterocycles. The maximum atomic E-state index is 10.0. The van der Waals surface area contributed by atoms with E-state index in [0.29, 0.717) is 0 Å². The van der Waals surface area contributed by atoms with Crippen molar-refractivity contribution in [1.29, 1.82) is 0 Å². The average Bonchev–Trinajstić information content (AvgIpc) is 3.27. The first-order chi connectivity index (χ1) is 15.1. The van der Waals surface area contributed by atoms with Crippen LogP contribution in [0, 0.1) is 0 Å². The summed E-state index contributed by atoms with van der Waals surface area (Å²) in [5.74, 6) is 0. The fraction of sp³-hybridized carbons (Fsp3) is 0.640. The van der Waals surface area contributed by atoms with Gasteiger partial charge in [-0.3, -0.25) is 5.32 Å². The molecule has 1 aromatic heterocycles. The van der Waals surface area contributed by atoms with E-state index in [-0.39, 0.29) is 23.5 Å². The van der Waals surface area contributed by atoms with Gasteiger partial charge in [-0.2, -0.15) is 0 Å². The van der Waals surface area contributed by atoms with Crippen molar-refractivity contribution in [3.05, 3.63) is 34.7 Å². The Morgan fingerprint density at radius 3 is 2.47 bits per heavy atom. The van der Waals surface area contributed by atoms with Gasteiger partial charge in [-0.25, -0.2) is 4.98 Å². The zero-order chi connectivity index (χ0) is 23.1. The van der Waals surface area contributed by atoms with Crippen LogP contribution in [0.4, 0.5) is 5.13 Å². The van der Waals surface area contributed by atoms with Crippen molar-refractivity contribution < 1.29 is 10.2 Å². The molecule has 1 saturated heterocycles. The third-order valence-corrected chi connectivity index (χ3v) is 8.33. The first-order valence-electron chi connectivity index (χ1n) is 11.8. The van der Waals surface area contributed by atoms with Gasteiger partial charge in [-0.15, -0.1) is 11.3 Å². The summed E-state index contributed by atoms with van der Waals surface area (Å²) < 4.78 is 0. The van der Waals surface area contributed by atoms with E-state index in [4.69, 9.17) is 15.8 Å². The molecule has 0 amide bonds. The number of rotatable bonds is 6. The minimum Gasteiger partial charge on any atom is -0.395 e. The average molecular weight is 459 g/mol. The van der Waals surface area contributed by atoms with Crippen LogP contribution in [0.1, 0.15) is 64.5 Å². The number of fused-ring (bicyclic) bond motifs is 1. The summed E-state index contributed by atoms with van der Waals surface area (Å²) in [6.45, 7) is 11.0. The number of nitrogens with zero attached hydrogens (tertiary/aromatic N) is 2. The summed E-state index contributed by atoms with van der Waals surface area (Å²) in [6, 6.07) is 6.48. The van der Waals surface area contributed by atoms with Crippen molar-refractivity contribution in [3.8, 4) is 11.3 Å². The maximum absolute atomic E-state index is 10.0. The molecule has 2 aromatic rings. The van der Waals surface area contributed by atoms with Crippen LogP contribution in [0.5, 0.6) is 0 Å². The van der Waals surface area contributed by atoms with Gasteiger partial charge >= 0.3 is 0 Å². The number of thiazole rings is 1. The van der Waals surface area contributed by atoms with Gasteiger partial charge in [0.15, 0.2) is 5.13 Å². The molecule has 5 N–H and O–H groups in total. The molecule has 0 radical (unpaired) electrons. The molecule has 0 saturated carbocycles. The second-order valence-electron chi connectivity index (χ2n) is 10.8. The largest absolute Gasteiger partial charge is 0.395 e. The molecule has 32 heavy (non-hydrogen) atoms. The van der Waals surface area contributed by atoms with E-state index in [0.717, 1.165) is 36.8 Å². The number of anilines is 1. The van der Waals surface area contributed by atoms with E-state index in [1.807, 2.05) is 0 Å². The molecule has 2 atom stereocenters. The molecule has 6 nitrogen and oxygen atoms in total. The summed E-state index contributed by atoms with van der Waals surface area (Å²) in [7, 11) is 0. The van der Waals surface area contributed by atoms with Crippen molar-refractivity contribution in [1.82, 2.24) is 10.3 Å². The Morgan fingerprint density at radius 2 is 1.81 bits per heavy atom. The van der Waals surface area contributed by atoms with Gasteiger partial charge in [0.05, 0.1) is 18.3 Å². The van der Waals surface area contributed by atoms with Crippen molar-refractivity contribution >= 4 is 16.5 Å². The summed E-state index contributed by atoms with van der Waals surface area (Å²) in [6.07, 6.45) is 3.38. The highest BCUT2D eigenvalue weighted by Crippen LogP contribution is 2.47. The standard InChI is InChI=1S/C25H38N4O2S/c1-24(2)9-10-25(3,4)19-13-16(5-6-18(19)24)21-15-32-23(28-21)29-11-7-17(8-12-29)27-22(31)20(26)14-30/h5-6,13,15,17,20,22,27,30-31H,7-12,14,26H2,1-4H3/t20-,22-/m0/s1. The van der Waals surface area contributed by atoms with Crippen LogP contribution in [-0.4, -0.2) is 53.2 Å². The van der Waals surface area contributed by atoms with Crippen LogP contribution in [0.3, 0.4) is 0 Å². The van der Waals surface area contributed by atoms with E-state index in [1.165, 1.54) is 29.5 Å². The van der Waals surface area contributed by atoms with Gasteiger partial charge in [0.25, 0.3) is 0 Å². The van der Waals surface area contributed by atoms with Crippen LogP contribution in [0.2, 0.25) is 0 Å². The van der Waals surface area contributed by atoms with Gasteiger partial charge in [0.1, 0.15) is 6.23 Å². The van der Waals surface area contributed by atoms with Crippen LogP contribution in [-0.2, 0) is 10.8 Å². The minimum absolute atomic E-state index is 0.192. The third-order valence-electron chi connectivity index (χ3n) is 7.43. The number of nitrogens with one attached hydrogen (secondary N) is 1. The summed E-state index contributed by atoms with van der Waals surface area (Å²) in [4.78, 5) is 7.32. The molecule has 1 aliphatic heterocycles. The van der Waals surface area contributed by atoms with Crippen molar-refractivity contribution in [2.75, 3.05) is 24.6 Å². The zero-order valence-corrected chi connectivity index (χ0v) is 20.6. The molecule has 4 rings (SSSR count). The maximum Gasteiger partial charge on any atom is 0.185 e. The fourth-order valence-electron chi connectivity index (χ4n) is 4.99. The molecule has 2 aliphatic rings. The number of piperidine rings is 1. The van der Waals surface area contributed by atoms with Crippen molar-refractivity contribution in [2.24, 2.45) is 5.73 Å². The molecule has 1 aromatic carbocycles. The summed E-state index contributed by atoms with van der Waals surface area (Å²) >= 11 is 1.70. The Morgan fingerprint density at radius 1 is 1.16 bits per heavy atom. The van der Waals surface area contributed by atoms with E-state index in [1.54, 1.807) is 11.3 Å². The Hall–Kier alpha value is -1.51. The predicted molar refractivity (Wildman–Crippen MR) is 132 cm³/mol. The molecule has 0 spiro atoms. The first-order valence-corrected chi connectivity index (χ1v) is 12.6. The van der Waals surface area contributed by atoms with Crippen molar-refractivity contribution in [2.45, 2.75) is 82.5 Å². The van der Waals surface area contributed by atoms with E-state index in [2.05, 4.69) is 61.5 Å². The van der Waals surface area contributed by atoms with E-state index >= 15 is 0 Å². The second kappa shape index (κ2) is 9.03. The van der Waals surface area contributed by atoms with Crippen LogP contribution in [0.25, 0.3) is 11.3 Å². The lowest BCUT2D eigenvalue weighted by molar-refractivity contribution is 0.0664. The topological polar surface area (TPSA) is 94.6 Å². The van der Waals surface area contributed by atoms with Crippen molar-refractivity contribution in [3.63, 3.8) is 0 Å². The predicted octanol–water partition coefficient (Wildman–Crippen LogP) is 3.36. The minimum atomic E-state index is -0.874. The number of aromatic nitrogens is 1. The van der Waals surface area contributed by atoms with Crippen LogP contribution >= 0.6 is 11.3 Å². The van der Waals surface area contributed by atoms with E-state index in [9.17, 15) is 5.11 Å². The normalized spacial score (nSPS) is 22.4. The molecule has 7 heteroatoms. The highest BCUT2D eigenvalue weighted by atomic mass is 32.1. The molecule has 0 bridgehead atoms. The molecule has 1 fully saturated rings. The lowest BCUT2D eigenvalue weighted by atomic mass is 9.63. The molecular formula is C25H38N4O2S. The monoisotopic (exact) mass is 458 g/mol. The lowest BCUT2D eigenvalue weighted by Gasteiger charge is -2.42. The second-order valence-corrected chi connectivity index (χ2v) is 11.6. The third kappa shape index (κ3) is 4.73. The fourth-order valence-corrected chi connectivity index (χ4v) is 5.88. The van der Waals surface area contributed by atoms with E-state index < -0.39 is 12.3 Å². The number of hydrogen-bond acceptors (Lipinski definition) is 7. The molecular weight excluding hydrogens is 420 g/mol. The number of nitrogens with two attached hydrogens (primary N) is 1. The Balaban J connectivity index is 1.45. The number of aliphatic hydroxyl groups is 2. The smallest absolute Gasteiger partial charge is 0.185 e. The first kappa shape index (κ1) is 23.6. The number of hydrogen-bond donors (Lipinski definition) is 4. The quantitative estimate of drug-likeness (QED) is 0.496. The van der Waals surface area contributed by atoms with Crippen LogP contribution < -0.4 is 16.0 Å². The highest BCUT2D eigenvalue weighted by Gasteiger charge is 2.37. The van der Waals surface area contributed by atoms with Gasteiger partial charge < -0.3 is 20.8 Å². The summed E-state index contributed by atoms with van der Waals surface area (Å²) in [5.41, 5.74) is 11.3. The SMILES string of the molecule is CC1(C)CCC(C)(C)c2cc(-c3csc(N4CCC(N[C@@H](O)[C@@H](N)CO)CC4)n3)ccc21. The Kier molecular flexibility index (Phi) is 6.67. The molecule has 1 aliphatic carbocycles. The Labute approximate surface area is 195 Å². The summed E-state index contributed by atoms with van der Waals surface area (Å²) in [5, 5.41) is 25.5. The number of aliphatic hydroxyl groups excluding tert-OH is 2. The zero-order valence-electron chi connectivity index (χ0n) is 19.8. The Bertz CT molecular complexity index is 934. The molecule has 0 unspecified atom stereocenters. The molecule has 176 valence electrons. The van der Waals surface area contributed by atoms with Gasteiger partial charge in [0, 0.05) is 30.1 Å². The van der Waals surface area contributed by atoms with Gasteiger partial charge in [-0.1, -0.05) is 39.8 Å². The highest BCUT2D eigenvalue weighted by molar-refractivity contribution is 7.14. The van der Waals surface area contributed by atoms with Crippen LogP contribution in [0.15, 0.2) is 23.6 Å². The van der Waals surface area contributed by atoms with Gasteiger partial charge in [-0.05, 0) is 53.7 Å². The number of benzene rings is 1. The van der Waals surface area contributed by atoms with Gasteiger partial charge in [0.2, 0.25) is 0 Å².